The first-order valence-electron chi connectivity index (χ1n) is 7.13. The molecule has 102 valence electrons. The van der Waals surface area contributed by atoms with Gasteiger partial charge in [-0.05, 0) is 38.3 Å². The average molecular weight is 259 g/mol. The lowest BCUT2D eigenvalue weighted by atomic mass is 10.2. The Bertz CT molecular complexity index is 551. The predicted octanol–water partition coefficient (Wildman–Crippen LogP) is 3.11. The summed E-state index contributed by atoms with van der Waals surface area (Å²) < 4.78 is 7.90. The molecular formula is C15H21N3O. The molecule has 0 saturated heterocycles. The fourth-order valence-electron chi connectivity index (χ4n) is 2.25. The zero-order valence-electron chi connectivity index (χ0n) is 11.6. The Morgan fingerprint density at radius 1 is 1.42 bits per heavy atom. The van der Waals surface area contributed by atoms with Crippen LogP contribution in [0.15, 0.2) is 22.7 Å². The van der Waals surface area contributed by atoms with Crippen molar-refractivity contribution in [2.45, 2.75) is 52.2 Å². The van der Waals surface area contributed by atoms with Crippen molar-refractivity contribution in [3.05, 3.63) is 29.8 Å². The minimum atomic E-state index is 0.711. The molecule has 0 atom stereocenters. The molecule has 3 rings (SSSR count). The van der Waals surface area contributed by atoms with E-state index in [4.69, 9.17) is 4.42 Å². The molecule has 0 unspecified atom stereocenters. The van der Waals surface area contributed by atoms with Gasteiger partial charge in [0.2, 0.25) is 0 Å². The number of hydrogen-bond acceptors (Lipinski definition) is 3. The summed E-state index contributed by atoms with van der Waals surface area (Å²) >= 11 is 0. The molecule has 0 amide bonds. The van der Waals surface area contributed by atoms with Crippen LogP contribution in [0, 0.1) is 6.92 Å². The summed E-state index contributed by atoms with van der Waals surface area (Å²) in [7, 11) is 0. The second-order valence-corrected chi connectivity index (χ2v) is 5.31. The van der Waals surface area contributed by atoms with Crippen molar-refractivity contribution in [1.29, 1.82) is 0 Å². The molecule has 4 nitrogen and oxygen atoms in total. The van der Waals surface area contributed by atoms with Gasteiger partial charge in [0.1, 0.15) is 11.5 Å². The van der Waals surface area contributed by atoms with Crippen LogP contribution in [0.1, 0.15) is 37.6 Å². The minimum Gasteiger partial charge on any atom is -0.460 e. The molecule has 0 aromatic carbocycles. The summed E-state index contributed by atoms with van der Waals surface area (Å²) in [5, 5.41) is 7.97. The van der Waals surface area contributed by atoms with E-state index in [1.807, 2.05) is 17.7 Å². The third kappa shape index (κ3) is 2.89. The van der Waals surface area contributed by atoms with Crippen LogP contribution in [-0.4, -0.2) is 15.8 Å². The first kappa shape index (κ1) is 12.5. The molecule has 2 aromatic heterocycles. The number of hydrogen-bond donors (Lipinski definition) is 1. The normalized spacial score (nSPS) is 15.1. The van der Waals surface area contributed by atoms with E-state index in [9.17, 15) is 0 Å². The summed E-state index contributed by atoms with van der Waals surface area (Å²) in [6, 6.07) is 4.81. The summed E-state index contributed by atoms with van der Waals surface area (Å²) in [6.45, 7) is 5.97. The standard InChI is InChI=1S/C15H21N3O/c1-3-8-18-10-14(11(2)17-18)15-7-6-13(19-15)9-16-12-4-5-12/h6-7,10,12,16H,3-5,8-9H2,1-2H3. The highest BCUT2D eigenvalue weighted by Crippen LogP contribution is 2.26. The van der Waals surface area contributed by atoms with Crippen LogP contribution in [0.5, 0.6) is 0 Å². The van der Waals surface area contributed by atoms with Crippen LogP contribution in [0.2, 0.25) is 0 Å². The number of aryl methyl sites for hydroxylation is 2. The maximum absolute atomic E-state index is 5.90. The Morgan fingerprint density at radius 3 is 3.00 bits per heavy atom. The molecule has 1 N–H and O–H groups in total. The van der Waals surface area contributed by atoms with E-state index in [0.717, 1.165) is 42.3 Å². The van der Waals surface area contributed by atoms with Crippen LogP contribution in [0.4, 0.5) is 0 Å². The highest BCUT2D eigenvalue weighted by Gasteiger charge is 2.20. The molecule has 2 aromatic rings. The van der Waals surface area contributed by atoms with Gasteiger partial charge in [-0.3, -0.25) is 4.68 Å². The van der Waals surface area contributed by atoms with Gasteiger partial charge in [0.05, 0.1) is 17.8 Å². The van der Waals surface area contributed by atoms with Gasteiger partial charge in [-0.1, -0.05) is 6.92 Å². The number of furan rings is 1. The first-order chi connectivity index (χ1) is 9.26. The van der Waals surface area contributed by atoms with Crippen molar-refractivity contribution < 1.29 is 4.42 Å². The number of nitrogens with one attached hydrogen (secondary N) is 1. The van der Waals surface area contributed by atoms with Crippen molar-refractivity contribution in [3.63, 3.8) is 0 Å². The molecule has 0 radical (unpaired) electrons. The lowest BCUT2D eigenvalue weighted by Gasteiger charge is -1.98. The minimum absolute atomic E-state index is 0.711. The highest BCUT2D eigenvalue weighted by atomic mass is 16.3. The molecule has 0 aliphatic heterocycles. The Kier molecular flexibility index (Phi) is 3.42. The first-order valence-corrected chi connectivity index (χ1v) is 7.13. The topological polar surface area (TPSA) is 43.0 Å². The Labute approximate surface area is 113 Å². The van der Waals surface area contributed by atoms with Crippen molar-refractivity contribution in [2.24, 2.45) is 0 Å². The molecule has 2 heterocycles. The van der Waals surface area contributed by atoms with Crippen molar-refractivity contribution >= 4 is 0 Å². The maximum Gasteiger partial charge on any atom is 0.137 e. The molecular weight excluding hydrogens is 238 g/mol. The summed E-state index contributed by atoms with van der Waals surface area (Å²) in [4.78, 5) is 0. The van der Waals surface area contributed by atoms with Crippen molar-refractivity contribution in [2.75, 3.05) is 0 Å². The van der Waals surface area contributed by atoms with Crippen LogP contribution in [0.25, 0.3) is 11.3 Å². The van der Waals surface area contributed by atoms with E-state index in [0.29, 0.717) is 6.04 Å². The highest BCUT2D eigenvalue weighted by molar-refractivity contribution is 5.59. The lowest BCUT2D eigenvalue weighted by molar-refractivity contribution is 0.492. The maximum atomic E-state index is 5.90. The summed E-state index contributed by atoms with van der Waals surface area (Å²) in [5.41, 5.74) is 2.13. The van der Waals surface area contributed by atoms with E-state index in [2.05, 4.69) is 29.6 Å². The third-order valence-electron chi connectivity index (χ3n) is 3.47. The van der Waals surface area contributed by atoms with E-state index in [1.54, 1.807) is 0 Å². The number of aromatic nitrogens is 2. The predicted molar refractivity (Wildman–Crippen MR) is 74.8 cm³/mol. The second kappa shape index (κ2) is 5.21. The van der Waals surface area contributed by atoms with E-state index >= 15 is 0 Å². The quantitative estimate of drug-likeness (QED) is 0.866. The Hall–Kier alpha value is -1.55. The van der Waals surface area contributed by atoms with Gasteiger partial charge in [-0.15, -0.1) is 0 Å². The van der Waals surface area contributed by atoms with Crippen molar-refractivity contribution in [1.82, 2.24) is 15.1 Å². The lowest BCUT2D eigenvalue weighted by Crippen LogP contribution is -2.14. The van der Waals surface area contributed by atoms with Gasteiger partial charge in [0.25, 0.3) is 0 Å². The van der Waals surface area contributed by atoms with Crippen molar-refractivity contribution in [3.8, 4) is 11.3 Å². The summed E-state index contributed by atoms with van der Waals surface area (Å²) in [6.07, 6.45) is 5.78. The smallest absolute Gasteiger partial charge is 0.137 e. The van der Waals surface area contributed by atoms with Crippen LogP contribution < -0.4 is 5.32 Å². The second-order valence-electron chi connectivity index (χ2n) is 5.31. The van der Waals surface area contributed by atoms with E-state index in [1.165, 1.54) is 12.8 Å². The molecule has 0 bridgehead atoms. The molecule has 19 heavy (non-hydrogen) atoms. The van der Waals surface area contributed by atoms with Crippen LogP contribution >= 0.6 is 0 Å². The zero-order valence-corrected chi connectivity index (χ0v) is 11.6. The van der Waals surface area contributed by atoms with Gasteiger partial charge >= 0.3 is 0 Å². The third-order valence-corrected chi connectivity index (χ3v) is 3.47. The fourth-order valence-corrected chi connectivity index (χ4v) is 2.25. The Balaban J connectivity index is 1.73. The van der Waals surface area contributed by atoms with E-state index in [-0.39, 0.29) is 0 Å². The molecule has 1 aliphatic carbocycles. The van der Waals surface area contributed by atoms with E-state index < -0.39 is 0 Å². The number of nitrogens with zero attached hydrogens (tertiary/aromatic N) is 2. The van der Waals surface area contributed by atoms with Gasteiger partial charge in [0, 0.05) is 18.8 Å². The fraction of sp³-hybridized carbons (Fsp3) is 0.533. The summed E-state index contributed by atoms with van der Waals surface area (Å²) in [5.74, 6) is 1.93. The van der Waals surface area contributed by atoms with Gasteiger partial charge in [-0.2, -0.15) is 5.10 Å². The monoisotopic (exact) mass is 259 g/mol. The molecule has 1 saturated carbocycles. The average Bonchev–Trinajstić information content (AvgIpc) is 2.98. The molecule has 1 fully saturated rings. The Morgan fingerprint density at radius 2 is 2.26 bits per heavy atom. The van der Waals surface area contributed by atoms with Gasteiger partial charge in [0.15, 0.2) is 0 Å². The SMILES string of the molecule is CCCn1cc(-c2ccc(CNC3CC3)o2)c(C)n1. The van der Waals surface area contributed by atoms with Crippen LogP contribution in [0.3, 0.4) is 0 Å². The number of rotatable bonds is 6. The molecule has 4 heteroatoms. The van der Waals surface area contributed by atoms with Crippen LogP contribution in [-0.2, 0) is 13.1 Å². The molecule has 1 aliphatic rings. The van der Waals surface area contributed by atoms with Gasteiger partial charge in [-0.25, -0.2) is 0 Å². The zero-order chi connectivity index (χ0) is 13.2. The largest absolute Gasteiger partial charge is 0.460 e. The van der Waals surface area contributed by atoms with Gasteiger partial charge < -0.3 is 9.73 Å². The molecule has 0 spiro atoms.